The predicted molar refractivity (Wildman–Crippen MR) is 62.7 cm³/mol. The summed E-state index contributed by atoms with van der Waals surface area (Å²) in [7, 11) is 0. The predicted octanol–water partition coefficient (Wildman–Crippen LogP) is 3.34. The molecule has 0 amide bonds. The van der Waals surface area contributed by atoms with Gasteiger partial charge in [0.25, 0.3) is 11.9 Å². The van der Waals surface area contributed by atoms with Gasteiger partial charge in [0.05, 0.1) is 0 Å². The standard InChI is InChI=1S/C11H12F4N2S/c12-7-9(8(13)11(15)17-10(7)14)16-5-6-3-1-2-4-18-6/h6H,1-5H2,(H,16,17). The van der Waals surface area contributed by atoms with Gasteiger partial charge in [0, 0.05) is 11.8 Å². The third-order valence-corrected chi connectivity index (χ3v) is 4.18. The van der Waals surface area contributed by atoms with Crippen molar-refractivity contribution in [3.8, 4) is 0 Å². The van der Waals surface area contributed by atoms with Crippen LogP contribution in [-0.4, -0.2) is 22.5 Å². The molecule has 0 radical (unpaired) electrons. The van der Waals surface area contributed by atoms with E-state index in [1.165, 1.54) is 0 Å². The van der Waals surface area contributed by atoms with E-state index in [2.05, 4.69) is 10.3 Å². The average molecular weight is 280 g/mol. The van der Waals surface area contributed by atoms with Crippen LogP contribution in [0.25, 0.3) is 0 Å². The Balaban J connectivity index is 2.08. The van der Waals surface area contributed by atoms with Crippen molar-refractivity contribution in [1.82, 2.24) is 4.98 Å². The van der Waals surface area contributed by atoms with Crippen molar-refractivity contribution in [2.24, 2.45) is 0 Å². The summed E-state index contributed by atoms with van der Waals surface area (Å²) in [6.45, 7) is 0.279. The number of nitrogens with zero attached hydrogens (tertiary/aromatic N) is 1. The molecule has 18 heavy (non-hydrogen) atoms. The van der Waals surface area contributed by atoms with E-state index in [-0.39, 0.29) is 11.8 Å². The van der Waals surface area contributed by atoms with Crippen LogP contribution in [0.3, 0.4) is 0 Å². The quantitative estimate of drug-likeness (QED) is 0.679. The second-order valence-electron chi connectivity index (χ2n) is 4.07. The molecule has 2 nitrogen and oxygen atoms in total. The van der Waals surface area contributed by atoms with Gasteiger partial charge >= 0.3 is 0 Å². The first-order valence-electron chi connectivity index (χ1n) is 5.65. The van der Waals surface area contributed by atoms with Crippen molar-refractivity contribution in [1.29, 1.82) is 0 Å². The molecule has 0 aromatic carbocycles. The van der Waals surface area contributed by atoms with Gasteiger partial charge in [0.2, 0.25) is 11.6 Å². The molecule has 100 valence electrons. The molecular weight excluding hydrogens is 268 g/mol. The van der Waals surface area contributed by atoms with Crippen molar-refractivity contribution in [2.75, 3.05) is 17.6 Å². The highest BCUT2D eigenvalue weighted by atomic mass is 32.2. The summed E-state index contributed by atoms with van der Waals surface area (Å²) in [5.41, 5.74) is -0.772. The Labute approximate surface area is 106 Å². The highest BCUT2D eigenvalue weighted by Crippen LogP contribution is 2.27. The molecule has 1 aliphatic heterocycles. The van der Waals surface area contributed by atoms with Gasteiger partial charge in [-0.1, -0.05) is 6.42 Å². The minimum absolute atomic E-state index is 0.205. The first-order chi connectivity index (χ1) is 8.59. The molecule has 1 saturated heterocycles. The maximum atomic E-state index is 13.3. The summed E-state index contributed by atoms with van der Waals surface area (Å²) in [4.78, 5) is 2.50. The van der Waals surface area contributed by atoms with Crippen LogP contribution in [-0.2, 0) is 0 Å². The van der Waals surface area contributed by atoms with E-state index in [1.54, 1.807) is 11.8 Å². The Hall–Kier alpha value is -0.980. The molecule has 1 atom stereocenters. The number of hydrogen-bond acceptors (Lipinski definition) is 3. The lowest BCUT2D eigenvalue weighted by Crippen LogP contribution is -2.21. The molecule has 0 saturated carbocycles. The molecule has 0 bridgehead atoms. The van der Waals surface area contributed by atoms with Gasteiger partial charge in [0.1, 0.15) is 5.69 Å². The minimum atomic E-state index is -1.63. The Morgan fingerprint density at radius 3 is 2.33 bits per heavy atom. The van der Waals surface area contributed by atoms with Gasteiger partial charge in [-0.2, -0.15) is 34.3 Å². The van der Waals surface area contributed by atoms with Gasteiger partial charge < -0.3 is 5.32 Å². The van der Waals surface area contributed by atoms with E-state index in [4.69, 9.17) is 0 Å². The van der Waals surface area contributed by atoms with Crippen molar-refractivity contribution >= 4 is 17.4 Å². The van der Waals surface area contributed by atoms with E-state index < -0.39 is 29.2 Å². The molecule has 2 rings (SSSR count). The number of nitrogens with one attached hydrogen (secondary N) is 1. The lowest BCUT2D eigenvalue weighted by Gasteiger charge is -2.22. The van der Waals surface area contributed by atoms with Crippen LogP contribution in [0.5, 0.6) is 0 Å². The zero-order valence-corrected chi connectivity index (χ0v) is 10.3. The van der Waals surface area contributed by atoms with Crippen molar-refractivity contribution < 1.29 is 17.6 Å². The maximum absolute atomic E-state index is 13.3. The molecule has 0 aliphatic carbocycles. The topological polar surface area (TPSA) is 24.9 Å². The largest absolute Gasteiger partial charge is 0.379 e. The number of rotatable bonds is 3. The summed E-state index contributed by atoms with van der Waals surface area (Å²) in [6, 6.07) is 0. The van der Waals surface area contributed by atoms with E-state index in [0.29, 0.717) is 0 Å². The molecule has 1 N–H and O–H groups in total. The number of aromatic nitrogens is 1. The minimum Gasteiger partial charge on any atom is -0.379 e. The smallest absolute Gasteiger partial charge is 0.253 e. The Morgan fingerprint density at radius 1 is 1.11 bits per heavy atom. The van der Waals surface area contributed by atoms with E-state index >= 15 is 0 Å². The molecule has 1 aromatic heterocycles. The van der Waals surface area contributed by atoms with Crippen LogP contribution in [0, 0.1) is 23.5 Å². The van der Waals surface area contributed by atoms with Crippen LogP contribution in [0.15, 0.2) is 0 Å². The lowest BCUT2D eigenvalue weighted by molar-refractivity contribution is 0.410. The molecule has 1 aliphatic rings. The molecule has 1 fully saturated rings. The Kier molecular flexibility index (Phi) is 4.31. The third kappa shape index (κ3) is 2.88. The number of halogens is 4. The fraction of sp³-hybridized carbons (Fsp3) is 0.545. The third-order valence-electron chi connectivity index (χ3n) is 2.78. The number of anilines is 1. The maximum Gasteiger partial charge on any atom is 0.253 e. The molecule has 1 unspecified atom stereocenters. The molecule has 2 heterocycles. The van der Waals surface area contributed by atoms with Crippen molar-refractivity contribution in [3.63, 3.8) is 0 Å². The fourth-order valence-corrected chi connectivity index (χ4v) is 3.07. The molecule has 1 aromatic rings. The second-order valence-corrected chi connectivity index (χ2v) is 5.47. The van der Waals surface area contributed by atoms with Gasteiger partial charge in [-0.25, -0.2) is 0 Å². The zero-order chi connectivity index (χ0) is 13.1. The fourth-order valence-electron chi connectivity index (χ4n) is 1.83. The normalized spacial score (nSPS) is 19.9. The van der Waals surface area contributed by atoms with Crippen molar-refractivity contribution in [2.45, 2.75) is 24.5 Å². The van der Waals surface area contributed by atoms with Crippen LogP contribution in [0.2, 0.25) is 0 Å². The summed E-state index contributed by atoms with van der Waals surface area (Å²) in [5.74, 6) is -5.22. The van der Waals surface area contributed by atoms with Gasteiger partial charge in [-0.3, -0.25) is 0 Å². The van der Waals surface area contributed by atoms with E-state index in [9.17, 15) is 17.6 Å². The Morgan fingerprint density at radius 2 is 1.78 bits per heavy atom. The first kappa shape index (κ1) is 13.5. The Bertz CT molecular complexity index is 409. The number of hydrogen-bond donors (Lipinski definition) is 1. The summed E-state index contributed by atoms with van der Waals surface area (Å²) in [5, 5.41) is 2.65. The number of thioether (sulfide) groups is 1. The van der Waals surface area contributed by atoms with Crippen LogP contribution < -0.4 is 5.32 Å². The van der Waals surface area contributed by atoms with Crippen LogP contribution in [0.4, 0.5) is 23.2 Å². The van der Waals surface area contributed by atoms with Gasteiger partial charge in [-0.05, 0) is 18.6 Å². The SMILES string of the molecule is Fc1nc(F)c(F)c(NCC2CCCCS2)c1F. The summed E-state index contributed by atoms with van der Waals surface area (Å²) >= 11 is 1.69. The second kappa shape index (κ2) is 5.77. The molecular formula is C11H12F4N2S. The van der Waals surface area contributed by atoms with E-state index in [0.717, 1.165) is 25.0 Å². The average Bonchev–Trinajstić information content (AvgIpc) is 2.38. The summed E-state index contributed by atoms with van der Waals surface area (Å²) in [6.07, 6.45) is 3.11. The molecule has 0 spiro atoms. The lowest BCUT2D eigenvalue weighted by atomic mass is 10.2. The highest BCUT2D eigenvalue weighted by Gasteiger charge is 2.22. The van der Waals surface area contributed by atoms with Crippen LogP contribution >= 0.6 is 11.8 Å². The number of pyridine rings is 1. The highest BCUT2D eigenvalue weighted by molar-refractivity contribution is 7.99. The summed E-state index contributed by atoms with van der Waals surface area (Å²) < 4.78 is 52.3. The van der Waals surface area contributed by atoms with Gasteiger partial charge in [0.15, 0.2) is 0 Å². The molecule has 7 heteroatoms. The van der Waals surface area contributed by atoms with E-state index in [1.807, 2.05) is 0 Å². The van der Waals surface area contributed by atoms with Crippen molar-refractivity contribution in [3.05, 3.63) is 23.5 Å². The van der Waals surface area contributed by atoms with Gasteiger partial charge in [-0.15, -0.1) is 0 Å². The first-order valence-corrected chi connectivity index (χ1v) is 6.70. The monoisotopic (exact) mass is 280 g/mol. The van der Waals surface area contributed by atoms with Crippen LogP contribution in [0.1, 0.15) is 19.3 Å². The zero-order valence-electron chi connectivity index (χ0n) is 9.48.